The van der Waals surface area contributed by atoms with E-state index >= 15 is 0 Å². The van der Waals surface area contributed by atoms with Crippen LogP contribution in [-0.4, -0.2) is 58.4 Å². The standard InChI is InChI=1S/C46H47N5O6/c1-5-55-46(53)43-37(20-14-32-15-21-40(54-4)41(26-32)57-29-34-10-6-7-11-34)42(45(52)56-25-9-13-33-12-8-23-47-27-33)30(2)49-44(43)35-16-18-36(19-17-35)51-31(3)50-38-28-48-24-22-39(38)51/h8,12,15-19,21-24,26-28,34,37,49H,5-7,10-11,14,20,25,29H2,1-4H3. The monoisotopic (exact) mass is 765 g/mol. The van der Waals surface area contributed by atoms with Crippen LogP contribution in [0.3, 0.4) is 0 Å². The van der Waals surface area contributed by atoms with Crippen LogP contribution in [0.5, 0.6) is 11.5 Å². The van der Waals surface area contributed by atoms with Gasteiger partial charge in [0.25, 0.3) is 0 Å². The van der Waals surface area contributed by atoms with Crippen molar-refractivity contribution in [3.05, 3.63) is 125 Å². The minimum absolute atomic E-state index is 0.136. The number of carbonyl (C=O) groups is 2. The van der Waals surface area contributed by atoms with Gasteiger partial charge in [0.15, 0.2) is 18.1 Å². The Kier molecular flexibility index (Phi) is 12.3. The molecule has 2 aliphatic rings. The third-order valence-electron chi connectivity index (χ3n) is 10.5. The first-order valence-corrected chi connectivity index (χ1v) is 19.5. The summed E-state index contributed by atoms with van der Waals surface area (Å²) in [6.07, 6.45) is 12.6. The van der Waals surface area contributed by atoms with Crippen LogP contribution in [0.4, 0.5) is 0 Å². The van der Waals surface area contributed by atoms with E-state index in [1.54, 1.807) is 44.9 Å². The van der Waals surface area contributed by atoms with E-state index in [-0.39, 0.29) is 13.2 Å². The maximum absolute atomic E-state index is 14.1. The summed E-state index contributed by atoms with van der Waals surface area (Å²) < 4.78 is 25.5. The maximum Gasteiger partial charge on any atom is 0.337 e. The summed E-state index contributed by atoms with van der Waals surface area (Å²) in [4.78, 5) is 41.1. The lowest BCUT2D eigenvalue weighted by Gasteiger charge is -2.31. The quantitative estimate of drug-likeness (QED) is 0.0942. The average Bonchev–Trinajstić information content (AvgIpc) is 3.88. The topological polar surface area (TPSA) is 127 Å². The van der Waals surface area contributed by atoms with Crippen LogP contribution >= 0.6 is 0 Å². The number of rotatable bonds is 13. The molecule has 11 nitrogen and oxygen atoms in total. The molecule has 0 radical (unpaired) electrons. The van der Waals surface area contributed by atoms with Gasteiger partial charge in [0.1, 0.15) is 11.3 Å². The van der Waals surface area contributed by atoms with Gasteiger partial charge >= 0.3 is 11.9 Å². The molecule has 4 heterocycles. The molecular formula is C46H47N5O6. The van der Waals surface area contributed by atoms with Gasteiger partial charge in [0.05, 0.1) is 48.9 Å². The molecule has 0 saturated heterocycles. The number of ether oxygens (including phenoxy) is 4. The summed E-state index contributed by atoms with van der Waals surface area (Å²) in [5.41, 5.74) is 6.96. The number of benzene rings is 2. The van der Waals surface area contributed by atoms with Crippen LogP contribution in [0.1, 0.15) is 68.5 Å². The van der Waals surface area contributed by atoms with E-state index in [2.05, 4.69) is 36.7 Å². The number of fused-ring (bicyclic) bond motifs is 1. The highest BCUT2D eigenvalue weighted by molar-refractivity contribution is 6.03. The molecule has 0 spiro atoms. The highest BCUT2D eigenvalue weighted by Gasteiger charge is 2.38. The Morgan fingerprint density at radius 2 is 1.70 bits per heavy atom. The number of nitrogens with one attached hydrogen (secondary N) is 1. The lowest BCUT2D eigenvalue weighted by atomic mass is 9.80. The molecule has 1 atom stereocenters. The Morgan fingerprint density at radius 1 is 0.912 bits per heavy atom. The largest absolute Gasteiger partial charge is 0.493 e. The van der Waals surface area contributed by atoms with E-state index in [1.807, 2.05) is 68.4 Å². The Labute approximate surface area is 333 Å². The molecule has 1 fully saturated rings. The zero-order valence-corrected chi connectivity index (χ0v) is 32.8. The first-order valence-electron chi connectivity index (χ1n) is 19.5. The number of methoxy groups -OCH3 is 1. The number of hydrogen-bond donors (Lipinski definition) is 1. The molecule has 57 heavy (non-hydrogen) atoms. The summed E-state index contributed by atoms with van der Waals surface area (Å²) in [5, 5.41) is 3.41. The number of nitrogens with zero attached hydrogens (tertiary/aromatic N) is 4. The molecule has 0 amide bonds. The minimum Gasteiger partial charge on any atom is -0.493 e. The van der Waals surface area contributed by atoms with Gasteiger partial charge in [0, 0.05) is 41.5 Å². The number of allylic oxidation sites excluding steroid dienone is 1. The van der Waals surface area contributed by atoms with Crippen molar-refractivity contribution in [2.75, 3.05) is 26.9 Å². The summed E-state index contributed by atoms with van der Waals surface area (Å²) in [7, 11) is 1.64. The van der Waals surface area contributed by atoms with Crippen molar-refractivity contribution in [3.8, 4) is 29.0 Å². The molecule has 11 heteroatoms. The van der Waals surface area contributed by atoms with Gasteiger partial charge in [-0.1, -0.05) is 42.9 Å². The van der Waals surface area contributed by atoms with E-state index < -0.39 is 17.9 Å². The Hall–Kier alpha value is -6.41. The highest BCUT2D eigenvalue weighted by atomic mass is 16.5. The molecular weight excluding hydrogens is 719 g/mol. The van der Waals surface area contributed by atoms with Crippen molar-refractivity contribution in [1.82, 2.24) is 24.8 Å². The number of hydrogen-bond acceptors (Lipinski definition) is 10. The van der Waals surface area contributed by atoms with Crippen LogP contribution in [-0.2, 0) is 25.5 Å². The van der Waals surface area contributed by atoms with Crippen molar-refractivity contribution in [1.29, 1.82) is 0 Å². The molecule has 1 N–H and O–H groups in total. The number of carbonyl (C=O) groups excluding carboxylic acids is 2. The van der Waals surface area contributed by atoms with Gasteiger partial charge in [-0.25, -0.2) is 14.6 Å². The number of pyridine rings is 2. The molecule has 3 aromatic heterocycles. The van der Waals surface area contributed by atoms with E-state index in [4.69, 9.17) is 18.9 Å². The van der Waals surface area contributed by atoms with Gasteiger partial charge in [-0.2, -0.15) is 0 Å². The van der Waals surface area contributed by atoms with Gasteiger partial charge in [-0.15, -0.1) is 0 Å². The Balaban J connectivity index is 1.23. The van der Waals surface area contributed by atoms with Crippen LogP contribution in [0.2, 0.25) is 0 Å². The van der Waals surface area contributed by atoms with Crippen LogP contribution in [0.15, 0.2) is 102 Å². The summed E-state index contributed by atoms with van der Waals surface area (Å²) in [5.74, 6) is 6.86. The minimum atomic E-state index is -0.670. The van der Waals surface area contributed by atoms with E-state index in [0.717, 1.165) is 33.7 Å². The number of esters is 2. The van der Waals surface area contributed by atoms with Crippen LogP contribution in [0.25, 0.3) is 22.4 Å². The van der Waals surface area contributed by atoms with Gasteiger partial charge in [-0.3, -0.25) is 14.5 Å². The van der Waals surface area contributed by atoms with E-state index in [1.165, 1.54) is 25.7 Å². The number of imidazole rings is 1. The second-order valence-electron chi connectivity index (χ2n) is 14.2. The van der Waals surface area contributed by atoms with E-state index in [0.29, 0.717) is 65.0 Å². The van der Waals surface area contributed by atoms with Crippen molar-refractivity contribution < 1.29 is 28.5 Å². The third kappa shape index (κ3) is 8.86. The van der Waals surface area contributed by atoms with Crippen molar-refractivity contribution >= 4 is 28.7 Å². The van der Waals surface area contributed by atoms with Gasteiger partial charge in [0.2, 0.25) is 0 Å². The van der Waals surface area contributed by atoms with Crippen molar-refractivity contribution in [2.24, 2.45) is 11.8 Å². The summed E-state index contributed by atoms with van der Waals surface area (Å²) in [6.45, 7) is 6.22. The zero-order chi connectivity index (χ0) is 39.7. The lowest BCUT2D eigenvalue weighted by molar-refractivity contribution is -0.139. The average molecular weight is 766 g/mol. The zero-order valence-electron chi connectivity index (χ0n) is 32.8. The van der Waals surface area contributed by atoms with Gasteiger partial charge in [-0.05, 0) is 106 Å². The first kappa shape index (κ1) is 38.8. The molecule has 5 aromatic rings. The molecule has 0 bridgehead atoms. The summed E-state index contributed by atoms with van der Waals surface area (Å²) >= 11 is 0. The lowest BCUT2D eigenvalue weighted by Crippen LogP contribution is -2.34. The Morgan fingerprint density at radius 3 is 2.46 bits per heavy atom. The SMILES string of the molecule is CCOC(=O)C1=C(c2ccc(-n3c(C)nc4cnccc43)cc2)NC(C)=C(C(=O)OCC#Cc2cccnc2)C1CCc1ccc(OC)c(OCC2CCCC2)c1. The number of aryl methyl sites for hydroxylation is 2. The predicted molar refractivity (Wildman–Crippen MR) is 217 cm³/mol. The van der Waals surface area contributed by atoms with Crippen LogP contribution in [0, 0.1) is 30.6 Å². The molecule has 2 aromatic carbocycles. The van der Waals surface area contributed by atoms with Crippen molar-refractivity contribution in [2.45, 2.75) is 59.3 Å². The Bertz CT molecular complexity index is 2370. The maximum atomic E-state index is 14.1. The number of aromatic nitrogens is 4. The fourth-order valence-corrected chi connectivity index (χ4v) is 7.76. The van der Waals surface area contributed by atoms with Gasteiger partial charge < -0.3 is 24.3 Å². The molecule has 7 rings (SSSR count). The number of dihydropyridines is 1. The highest BCUT2D eigenvalue weighted by Crippen LogP contribution is 2.39. The van der Waals surface area contributed by atoms with Crippen molar-refractivity contribution in [3.63, 3.8) is 0 Å². The first-order chi connectivity index (χ1) is 27.8. The second-order valence-corrected chi connectivity index (χ2v) is 14.2. The smallest absolute Gasteiger partial charge is 0.337 e. The molecule has 1 aliphatic heterocycles. The molecule has 1 unspecified atom stereocenters. The fraction of sp³-hybridized carbons (Fsp3) is 0.326. The van der Waals surface area contributed by atoms with E-state index in [9.17, 15) is 9.59 Å². The normalized spacial score (nSPS) is 15.5. The predicted octanol–water partition coefficient (Wildman–Crippen LogP) is 7.70. The molecule has 292 valence electrons. The molecule has 1 saturated carbocycles. The van der Waals surface area contributed by atoms with Crippen LogP contribution < -0.4 is 14.8 Å². The second kappa shape index (κ2) is 18.0. The third-order valence-corrected chi connectivity index (χ3v) is 10.5. The molecule has 1 aliphatic carbocycles. The fourth-order valence-electron chi connectivity index (χ4n) is 7.76. The summed E-state index contributed by atoms with van der Waals surface area (Å²) in [6, 6.07) is 19.4.